The van der Waals surface area contributed by atoms with Crippen molar-refractivity contribution in [3.8, 4) is 5.75 Å². The second-order valence-electron chi connectivity index (χ2n) is 5.09. The number of aromatic hydroxyl groups is 1. The van der Waals surface area contributed by atoms with Crippen LogP contribution in [-0.2, 0) is 11.2 Å². The largest absolute Gasteiger partial charge is 0.507 e. The third-order valence-corrected chi connectivity index (χ3v) is 3.71. The molecule has 0 spiro atoms. The minimum absolute atomic E-state index is 0.00747. The first kappa shape index (κ1) is 17.8. The summed E-state index contributed by atoms with van der Waals surface area (Å²) in [5.74, 6) is 0.312. The number of carbonyl (C=O) groups excluding carboxylic acids is 1. The second-order valence-corrected chi connectivity index (χ2v) is 5.47. The Kier molecular flexibility index (Phi) is 8.91. The number of alkyl halides is 1. The highest BCUT2D eigenvalue weighted by atomic mass is 35.5. The Morgan fingerprint density at radius 1 is 1.14 bits per heavy atom. The molecular weight excluding hydrogens is 288 g/mol. The average Bonchev–Trinajstić information content (AvgIpc) is 2.46. The summed E-state index contributed by atoms with van der Waals surface area (Å²) in [4.78, 5) is 11.9. The van der Waals surface area contributed by atoms with Gasteiger partial charge in [0.2, 0.25) is 0 Å². The minimum Gasteiger partial charge on any atom is -0.507 e. The Labute approximate surface area is 132 Å². The number of carbonyl (C=O) groups is 1. The first-order chi connectivity index (χ1) is 10.2. The van der Waals surface area contributed by atoms with E-state index in [1.54, 1.807) is 13.0 Å². The smallest absolute Gasteiger partial charge is 0.342 e. The maximum Gasteiger partial charge on any atom is 0.342 e. The van der Waals surface area contributed by atoms with Crippen molar-refractivity contribution in [2.24, 2.45) is 0 Å². The summed E-state index contributed by atoms with van der Waals surface area (Å²) in [5.41, 5.74) is 1.19. The molecular formula is C17H25ClO3. The standard InChI is InChI=1S/C17H25ClO3/c1-2-21-17(20)16-14(11-9-12-15(16)19)10-7-5-3-4-6-8-13-18/h9,11-12,19H,2-8,10,13H2,1H3. The Balaban J connectivity index is 2.47. The molecule has 118 valence electrons. The normalized spacial score (nSPS) is 10.6. The van der Waals surface area contributed by atoms with Crippen LogP contribution in [0.3, 0.4) is 0 Å². The lowest BCUT2D eigenvalue weighted by Gasteiger charge is -2.10. The van der Waals surface area contributed by atoms with E-state index in [4.69, 9.17) is 16.3 Å². The first-order valence-corrected chi connectivity index (χ1v) is 8.28. The highest BCUT2D eigenvalue weighted by Gasteiger charge is 2.16. The van der Waals surface area contributed by atoms with Gasteiger partial charge in [-0.1, -0.05) is 37.8 Å². The van der Waals surface area contributed by atoms with Crippen LogP contribution in [0.1, 0.15) is 61.4 Å². The highest BCUT2D eigenvalue weighted by molar-refractivity contribution is 6.17. The van der Waals surface area contributed by atoms with Crippen LogP contribution in [0.5, 0.6) is 5.75 Å². The van der Waals surface area contributed by atoms with Gasteiger partial charge < -0.3 is 9.84 Å². The molecule has 0 aliphatic rings. The molecule has 0 heterocycles. The summed E-state index contributed by atoms with van der Waals surface area (Å²) in [6.07, 6.45) is 7.59. The third-order valence-electron chi connectivity index (χ3n) is 3.44. The van der Waals surface area contributed by atoms with Gasteiger partial charge in [-0.05, 0) is 37.8 Å². The molecule has 0 radical (unpaired) electrons. The van der Waals surface area contributed by atoms with Gasteiger partial charge in [0.1, 0.15) is 11.3 Å². The van der Waals surface area contributed by atoms with Crippen LogP contribution in [0, 0.1) is 0 Å². The van der Waals surface area contributed by atoms with Crippen molar-refractivity contribution in [1.82, 2.24) is 0 Å². The molecule has 0 aliphatic heterocycles. The fourth-order valence-corrected chi connectivity index (χ4v) is 2.54. The lowest BCUT2D eigenvalue weighted by molar-refractivity contribution is 0.0521. The van der Waals surface area contributed by atoms with Crippen LogP contribution < -0.4 is 0 Å². The summed E-state index contributed by atoms with van der Waals surface area (Å²) < 4.78 is 5.01. The number of rotatable bonds is 10. The highest BCUT2D eigenvalue weighted by Crippen LogP contribution is 2.24. The zero-order chi connectivity index (χ0) is 15.5. The summed E-state index contributed by atoms with van der Waals surface area (Å²) in [6, 6.07) is 5.19. The molecule has 0 unspecified atom stereocenters. The van der Waals surface area contributed by atoms with Crippen molar-refractivity contribution in [2.45, 2.75) is 51.9 Å². The molecule has 3 nitrogen and oxygen atoms in total. The maximum absolute atomic E-state index is 11.9. The number of hydrogen-bond acceptors (Lipinski definition) is 3. The van der Waals surface area contributed by atoms with Gasteiger partial charge >= 0.3 is 5.97 Å². The number of halogens is 1. The molecule has 0 aromatic heterocycles. The quantitative estimate of drug-likeness (QED) is 0.387. The van der Waals surface area contributed by atoms with Crippen molar-refractivity contribution in [1.29, 1.82) is 0 Å². The van der Waals surface area contributed by atoms with Crippen LogP contribution in [0.25, 0.3) is 0 Å². The van der Waals surface area contributed by atoms with Crippen LogP contribution in [0.4, 0.5) is 0 Å². The van der Waals surface area contributed by atoms with Gasteiger partial charge in [0.15, 0.2) is 0 Å². The van der Waals surface area contributed by atoms with Crippen molar-refractivity contribution < 1.29 is 14.6 Å². The molecule has 4 heteroatoms. The van der Waals surface area contributed by atoms with E-state index in [9.17, 15) is 9.90 Å². The molecule has 0 saturated carbocycles. The molecule has 0 atom stereocenters. The number of hydrogen-bond donors (Lipinski definition) is 1. The molecule has 21 heavy (non-hydrogen) atoms. The fourth-order valence-electron chi connectivity index (χ4n) is 2.35. The zero-order valence-corrected chi connectivity index (χ0v) is 13.5. The maximum atomic E-state index is 11.9. The third kappa shape index (κ3) is 6.38. The van der Waals surface area contributed by atoms with E-state index in [-0.39, 0.29) is 5.75 Å². The number of aryl methyl sites for hydroxylation is 1. The van der Waals surface area contributed by atoms with Crippen molar-refractivity contribution in [3.05, 3.63) is 29.3 Å². The van der Waals surface area contributed by atoms with Gasteiger partial charge in [0.05, 0.1) is 6.61 Å². The van der Waals surface area contributed by atoms with E-state index in [1.165, 1.54) is 25.3 Å². The van der Waals surface area contributed by atoms with Crippen molar-refractivity contribution >= 4 is 17.6 Å². The van der Waals surface area contributed by atoms with E-state index >= 15 is 0 Å². The predicted octanol–water partition coefficient (Wildman–Crippen LogP) is 4.69. The lowest BCUT2D eigenvalue weighted by atomic mass is 9.99. The minimum atomic E-state index is -0.437. The monoisotopic (exact) mass is 312 g/mol. The molecule has 1 rings (SSSR count). The SMILES string of the molecule is CCOC(=O)c1c(O)cccc1CCCCCCCCCl. The molecule has 1 N–H and O–H groups in total. The van der Waals surface area contributed by atoms with E-state index in [0.717, 1.165) is 37.1 Å². The van der Waals surface area contributed by atoms with Gasteiger partial charge in [0, 0.05) is 5.88 Å². The summed E-state index contributed by atoms with van der Waals surface area (Å²) in [7, 11) is 0. The lowest BCUT2D eigenvalue weighted by Crippen LogP contribution is -2.08. The van der Waals surface area contributed by atoms with E-state index in [0.29, 0.717) is 12.2 Å². The number of esters is 1. The van der Waals surface area contributed by atoms with Gasteiger partial charge in [-0.2, -0.15) is 0 Å². The molecule has 0 fully saturated rings. The molecule has 1 aromatic rings. The Morgan fingerprint density at radius 2 is 1.81 bits per heavy atom. The molecule has 0 saturated heterocycles. The Bertz CT molecular complexity index is 432. The first-order valence-electron chi connectivity index (χ1n) is 7.74. The summed E-state index contributed by atoms with van der Waals surface area (Å²) >= 11 is 5.64. The number of benzene rings is 1. The Hall–Kier alpha value is -1.22. The average molecular weight is 313 g/mol. The molecule has 0 amide bonds. The van der Waals surface area contributed by atoms with Crippen LogP contribution in [0.15, 0.2) is 18.2 Å². The number of ether oxygens (including phenoxy) is 1. The van der Waals surface area contributed by atoms with E-state index in [1.807, 2.05) is 6.07 Å². The van der Waals surface area contributed by atoms with Gasteiger partial charge in [-0.3, -0.25) is 0 Å². The summed E-state index contributed by atoms with van der Waals surface area (Å²) in [6.45, 7) is 2.07. The summed E-state index contributed by atoms with van der Waals surface area (Å²) in [5, 5.41) is 9.87. The number of phenolic OH excluding ortho intramolecular Hbond substituents is 1. The number of unbranched alkanes of at least 4 members (excludes halogenated alkanes) is 5. The fraction of sp³-hybridized carbons (Fsp3) is 0.588. The van der Waals surface area contributed by atoms with Crippen molar-refractivity contribution in [2.75, 3.05) is 12.5 Å². The number of phenols is 1. The van der Waals surface area contributed by atoms with Crippen LogP contribution in [0.2, 0.25) is 0 Å². The van der Waals surface area contributed by atoms with Gasteiger partial charge in [-0.25, -0.2) is 4.79 Å². The molecule has 0 aliphatic carbocycles. The van der Waals surface area contributed by atoms with Crippen LogP contribution >= 0.6 is 11.6 Å². The molecule has 1 aromatic carbocycles. The topological polar surface area (TPSA) is 46.5 Å². The van der Waals surface area contributed by atoms with Crippen LogP contribution in [-0.4, -0.2) is 23.6 Å². The van der Waals surface area contributed by atoms with E-state index < -0.39 is 5.97 Å². The predicted molar refractivity (Wildman–Crippen MR) is 86.2 cm³/mol. The second kappa shape index (κ2) is 10.5. The van der Waals surface area contributed by atoms with Crippen molar-refractivity contribution in [3.63, 3.8) is 0 Å². The Morgan fingerprint density at radius 3 is 2.48 bits per heavy atom. The van der Waals surface area contributed by atoms with Gasteiger partial charge in [0.25, 0.3) is 0 Å². The van der Waals surface area contributed by atoms with E-state index in [2.05, 4.69) is 0 Å². The molecule has 0 bridgehead atoms. The van der Waals surface area contributed by atoms with Gasteiger partial charge in [-0.15, -0.1) is 11.6 Å². The zero-order valence-electron chi connectivity index (χ0n) is 12.7.